The Labute approximate surface area is 126 Å². The van der Waals surface area contributed by atoms with Crippen molar-refractivity contribution in [3.8, 4) is 0 Å². The number of thiocarbonyl (C=S) groups is 1. The molecule has 0 aromatic heterocycles. The van der Waals surface area contributed by atoms with Gasteiger partial charge in [-0.2, -0.15) is 0 Å². The molecule has 0 bridgehead atoms. The van der Waals surface area contributed by atoms with Crippen molar-refractivity contribution in [3.63, 3.8) is 0 Å². The van der Waals surface area contributed by atoms with Gasteiger partial charge in [-0.05, 0) is 47.0 Å². The quantitative estimate of drug-likeness (QED) is 0.674. The number of rotatable bonds is 3. The zero-order chi connectivity index (χ0) is 14.0. The summed E-state index contributed by atoms with van der Waals surface area (Å²) >= 11 is 8.47. The average Bonchev–Trinajstić information content (AvgIpc) is 2.86. The fourth-order valence-electron chi connectivity index (χ4n) is 2.33. The second-order valence-corrected chi connectivity index (χ2v) is 5.70. The summed E-state index contributed by atoms with van der Waals surface area (Å²) in [6.07, 6.45) is 1.79. The number of methoxy groups -OCH3 is 1. The Bertz CT molecular complexity index is 521. The second-order valence-electron chi connectivity index (χ2n) is 4.41. The van der Waals surface area contributed by atoms with Crippen molar-refractivity contribution >= 4 is 44.8 Å². The van der Waals surface area contributed by atoms with Crippen molar-refractivity contribution in [2.45, 2.75) is 18.9 Å². The summed E-state index contributed by atoms with van der Waals surface area (Å²) in [4.78, 5) is 14.2. The Balaban J connectivity index is 2.31. The van der Waals surface area contributed by atoms with Crippen molar-refractivity contribution < 1.29 is 9.53 Å². The number of carbonyl (C=O) groups excluding carboxylic acids is 1. The Morgan fingerprint density at radius 3 is 2.89 bits per heavy atom. The van der Waals surface area contributed by atoms with E-state index in [0.717, 1.165) is 35.1 Å². The molecule has 1 unspecified atom stereocenters. The molecule has 6 heteroatoms. The summed E-state index contributed by atoms with van der Waals surface area (Å²) < 4.78 is 5.73. The number of ether oxygens (including phenoxy) is 1. The third-order valence-corrected chi connectivity index (χ3v) is 4.14. The number of anilines is 1. The van der Waals surface area contributed by atoms with Gasteiger partial charge in [0.15, 0.2) is 0 Å². The molecule has 1 atom stereocenters. The summed E-state index contributed by atoms with van der Waals surface area (Å²) in [6.45, 7) is 0.838. The third-order valence-electron chi connectivity index (χ3n) is 3.27. The van der Waals surface area contributed by atoms with Crippen LogP contribution < -0.4 is 10.6 Å². The van der Waals surface area contributed by atoms with Gasteiger partial charge in [-0.25, -0.2) is 4.79 Å². The van der Waals surface area contributed by atoms with E-state index in [0.29, 0.717) is 4.99 Å². The molecule has 0 radical (unpaired) electrons. The topological polar surface area (TPSA) is 55.6 Å². The minimum Gasteiger partial charge on any atom is -0.467 e. The number of esters is 1. The highest BCUT2D eigenvalue weighted by molar-refractivity contribution is 9.10. The van der Waals surface area contributed by atoms with E-state index >= 15 is 0 Å². The summed E-state index contributed by atoms with van der Waals surface area (Å²) in [5.74, 6) is -0.192. The lowest BCUT2D eigenvalue weighted by Gasteiger charge is -2.26. The summed E-state index contributed by atoms with van der Waals surface area (Å²) in [6, 6.07) is 5.47. The van der Waals surface area contributed by atoms with Gasteiger partial charge in [-0.1, -0.05) is 12.2 Å². The summed E-state index contributed by atoms with van der Waals surface area (Å²) in [5, 5.41) is 0. The van der Waals surface area contributed by atoms with E-state index in [2.05, 4.69) is 20.8 Å². The first-order chi connectivity index (χ1) is 9.04. The summed E-state index contributed by atoms with van der Waals surface area (Å²) in [5.41, 5.74) is 7.38. The van der Waals surface area contributed by atoms with Crippen LogP contribution in [0.3, 0.4) is 0 Å². The van der Waals surface area contributed by atoms with Gasteiger partial charge in [0.2, 0.25) is 0 Å². The highest BCUT2D eigenvalue weighted by Crippen LogP contribution is 2.33. The number of halogens is 1. The van der Waals surface area contributed by atoms with Crippen molar-refractivity contribution in [2.24, 2.45) is 5.73 Å². The van der Waals surface area contributed by atoms with Gasteiger partial charge >= 0.3 is 5.97 Å². The Kier molecular flexibility index (Phi) is 4.42. The van der Waals surface area contributed by atoms with E-state index in [4.69, 9.17) is 22.7 Å². The molecule has 4 nitrogen and oxygen atoms in total. The first-order valence-electron chi connectivity index (χ1n) is 5.98. The predicted octanol–water partition coefficient (Wildman–Crippen LogP) is 2.23. The van der Waals surface area contributed by atoms with E-state index in [1.165, 1.54) is 7.11 Å². The molecule has 2 N–H and O–H groups in total. The first-order valence-corrected chi connectivity index (χ1v) is 7.18. The largest absolute Gasteiger partial charge is 0.467 e. The minimum absolute atomic E-state index is 0.192. The van der Waals surface area contributed by atoms with Crippen LogP contribution in [0.5, 0.6) is 0 Å². The number of nitrogens with two attached hydrogens (primary N) is 1. The van der Waals surface area contributed by atoms with Gasteiger partial charge < -0.3 is 15.4 Å². The van der Waals surface area contributed by atoms with Gasteiger partial charge in [-0.3, -0.25) is 0 Å². The Hall–Kier alpha value is -1.14. The van der Waals surface area contributed by atoms with Gasteiger partial charge in [-0.15, -0.1) is 0 Å². The van der Waals surface area contributed by atoms with Gasteiger partial charge in [0.25, 0.3) is 0 Å². The normalized spacial score (nSPS) is 18.4. The van der Waals surface area contributed by atoms with Crippen LogP contribution >= 0.6 is 28.1 Å². The lowest BCUT2D eigenvalue weighted by molar-refractivity contribution is -0.141. The molecule has 2 rings (SSSR count). The van der Waals surface area contributed by atoms with Gasteiger partial charge in [0, 0.05) is 16.6 Å². The maximum atomic E-state index is 11.8. The van der Waals surface area contributed by atoms with E-state index in [-0.39, 0.29) is 12.0 Å². The second kappa shape index (κ2) is 5.88. The molecule has 0 amide bonds. The number of carbonyl (C=O) groups is 1. The maximum Gasteiger partial charge on any atom is 0.328 e. The van der Waals surface area contributed by atoms with Crippen molar-refractivity contribution in [3.05, 3.63) is 28.2 Å². The molecular weight excluding hydrogens is 328 g/mol. The molecule has 0 spiro atoms. The zero-order valence-corrected chi connectivity index (χ0v) is 13.0. The predicted molar refractivity (Wildman–Crippen MR) is 82.4 cm³/mol. The highest BCUT2D eigenvalue weighted by atomic mass is 79.9. The fourth-order valence-corrected chi connectivity index (χ4v) is 3.06. The minimum atomic E-state index is -0.211. The van der Waals surface area contributed by atoms with Crippen LogP contribution in [0, 0.1) is 0 Å². The molecule has 1 saturated heterocycles. The number of nitrogens with zero attached hydrogens (tertiary/aromatic N) is 1. The monoisotopic (exact) mass is 342 g/mol. The van der Waals surface area contributed by atoms with Crippen LogP contribution in [-0.2, 0) is 9.53 Å². The van der Waals surface area contributed by atoms with Crippen LogP contribution in [0.4, 0.5) is 5.69 Å². The van der Waals surface area contributed by atoms with Gasteiger partial charge in [0.1, 0.15) is 11.0 Å². The Morgan fingerprint density at radius 2 is 2.32 bits per heavy atom. The van der Waals surface area contributed by atoms with E-state index in [1.807, 2.05) is 18.2 Å². The third kappa shape index (κ3) is 2.90. The van der Waals surface area contributed by atoms with Crippen LogP contribution in [-0.4, -0.2) is 30.7 Å². The molecular formula is C13H15BrN2O2S. The smallest absolute Gasteiger partial charge is 0.328 e. The molecule has 1 aliphatic rings. The molecule has 19 heavy (non-hydrogen) atoms. The zero-order valence-electron chi connectivity index (χ0n) is 10.6. The van der Waals surface area contributed by atoms with Crippen LogP contribution in [0.25, 0.3) is 0 Å². The Morgan fingerprint density at radius 1 is 1.58 bits per heavy atom. The van der Waals surface area contributed by atoms with Crippen molar-refractivity contribution in [1.82, 2.24) is 0 Å². The fraction of sp³-hybridized carbons (Fsp3) is 0.385. The van der Waals surface area contributed by atoms with E-state index in [1.54, 1.807) is 0 Å². The maximum absolute atomic E-state index is 11.8. The molecule has 1 fully saturated rings. The molecule has 1 aromatic carbocycles. The van der Waals surface area contributed by atoms with Crippen LogP contribution in [0.2, 0.25) is 0 Å². The molecule has 1 aromatic rings. The summed E-state index contributed by atoms with van der Waals surface area (Å²) in [7, 11) is 1.42. The molecule has 0 saturated carbocycles. The standard InChI is InChI=1S/C13H15BrN2O2S/c1-18-13(17)11-3-2-6-16(11)10-5-4-8(12(15)19)7-9(10)14/h4-5,7,11H,2-3,6H2,1H3,(H2,15,19). The lowest BCUT2D eigenvalue weighted by atomic mass is 10.1. The van der Waals surface area contributed by atoms with Crippen molar-refractivity contribution in [2.75, 3.05) is 18.6 Å². The van der Waals surface area contributed by atoms with Gasteiger partial charge in [0.05, 0.1) is 12.8 Å². The molecule has 0 aliphatic carbocycles. The molecule has 1 heterocycles. The van der Waals surface area contributed by atoms with E-state index in [9.17, 15) is 4.79 Å². The number of benzene rings is 1. The highest BCUT2D eigenvalue weighted by Gasteiger charge is 2.32. The number of hydrogen-bond acceptors (Lipinski definition) is 4. The first kappa shape index (κ1) is 14.3. The lowest BCUT2D eigenvalue weighted by Crippen LogP contribution is -2.37. The SMILES string of the molecule is COC(=O)C1CCCN1c1ccc(C(N)=S)cc1Br. The van der Waals surface area contributed by atoms with Crippen molar-refractivity contribution in [1.29, 1.82) is 0 Å². The van der Waals surface area contributed by atoms with E-state index < -0.39 is 0 Å². The molecule has 102 valence electrons. The molecule has 1 aliphatic heterocycles. The average molecular weight is 343 g/mol. The van der Waals surface area contributed by atoms with Crippen LogP contribution in [0.15, 0.2) is 22.7 Å². The van der Waals surface area contributed by atoms with Crippen LogP contribution in [0.1, 0.15) is 18.4 Å². The number of hydrogen-bond donors (Lipinski definition) is 1.